The van der Waals surface area contributed by atoms with Crippen LogP contribution in [-0.2, 0) is 85.6 Å². The summed E-state index contributed by atoms with van der Waals surface area (Å²) in [6.07, 6.45) is 10.7. The number of ketones is 4. The van der Waals surface area contributed by atoms with Crippen molar-refractivity contribution in [2.24, 2.45) is 23.7 Å². The van der Waals surface area contributed by atoms with Crippen molar-refractivity contribution in [2.75, 3.05) is 105 Å². The summed E-state index contributed by atoms with van der Waals surface area (Å²) < 4.78 is 0. The zero-order valence-corrected chi connectivity index (χ0v) is 83.5. The molecule has 0 heterocycles. The molecule has 0 aromatic carbocycles. The maximum Gasteiger partial charge on any atom is 0.246 e. The highest BCUT2D eigenvalue weighted by molar-refractivity contribution is 8.73. The Kier molecular flexibility index (Phi) is 99.3. The van der Waals surface area contributed by atoms with Gasteiger partial charge in [-0.25, -0.2) is 0 Å². The first-order chi connectivity index (χ1) is 49.5. The van der Waals surface area contributed by atoms with Crippen molar-refractivity contribution in [1.29, 1.82) is 0 Å². The zero-order valence-electron chi connectivity index (χ0n) is 70.0. The Hall–Kier alpha value is 0.380. The minimum Gasteiger partial charge on any atom is -0.343 e. The highest BCUT2D eigenvalue weighted by atomic mass is 32.9. The van der Waals surface area contributed by atoms with E-state index in [1.54, 1.807) is 4.90 Å². The van der Waals surface area contributed by atoms with Crippen molar-refractivity contribution in [2.45, 2.75) is 266 Å². The van der Waals surface area contributed by atoms with E-state index in [9.17, 15) is 38.4 Å². The van der Waals surface area contributed by atoms with Crippen LogP contribution in [0.15, 0.2) is 24.3 Å². The lowest BCUT2D eigenvalue weighted by Crippen LogP contribution is -2.42. The fourth-order valence-corrected chi connectivity index (χ4v) is 8.24. The number of allylic oxidation sites excluding steroid dienone is 2. The molecule has 34 heteroatoms. The molecular weight excluding hydrogens is 1600 g/mol. The summed E-state index contributed by atoms with van der Waals surface area (Å²) in [4.78, 5) is 104. The fraction of sp³-hybridized carbons (Fsp3) is 0.833. The van der Waals surface area contributed by atoms with Crippen molar-refractivity contribution in [3.63, 3.8) is 0 Å². The summed E-state index contributed by atoms with van der Waals surface area (Å²) in [5, 5.41) is 26.8. The van der Waals surface area contributed by atoms with E-state index >= 15 is 0 Å². The van der Waals surface area contributed by atoms with Crippen LogP contribution >= 0.6 is 79.8 Å². The molecule has 5 atom stereocenters. The number of carbonyl (C=O) groups excluding carboxylic acids is 8. The van der Waals surface area contributed by atoms with Gasteiger partial charge in [0, 0.05) is 202 Å². The number of hydrogen-bond acceptors (Lipinski definition) is 20. The third-order valence-electron chi connectivity index (χ3n) is 14.2. The molecule has 0 fully saturated rings. The SMILES string of the molecule is CC(C)NCCCN(CCCNC(C)C)C(=O)/C=C\C(=O)C(C)C.CC(C)NCCCN(CCCNC(C)C)C(=O)CCC(=O)C(C)C.CC(C)NCCN(CCNC(C)C)C(=O)/C=C\C(=O)C(C)C.CC(C)NCCN(CCNC(C)C)C(=O)CCC(=O)C(C)C.P=S.PP(P)P=S.PP=S.PPP=S. The molecule has 20 nitrogen and oxygen atoms in total. The van der Waals surface area contributed by atoms with E-state index in [4.69, 9.17) is 0 Å². The molecule has 0 saturated carbocycles. The maximum atomic E-state index is 12.5. The van der Waals surface area contributed by atoms with Crippen LogP contribution in [0.5, 0.6) is 0 Å². The molecule has 624 valence electrons. The van der Waals surface area contributed by atoms with Crippen LogP contribution in [0.1, 0.15) is 218 Å². The Morgan fingerprint density at radius 2 is 0.566 bits per heavy atom. The van der Waals surface area contributed by atoms with Crippen LogP contribution < -0.4 is 42.5 Å². The van der Waals surface area contributed by atoms with Crippen LogP contribution in [0.25, 0.3) is 0 Å². The van der Waals surface area contributed by atoms with E-state index in [2.05, 4.69) is 244 Å². The molecule has 0 rings (SSSR count). The van der Waals surface area contributed by atoms with Gasteiger partial charge in [0.25, 0.3) is 0 Å². The average Bonchev–Trinajstić information content (AvgIpc) is 0.975. The molecular formula is C72H154N12O8P10S4. The number of Topliss-reactive ketones (excluding diaryl/α,β-unsaturated/α-hetero) is 2. The Balaban J connectivity index is -0.000000189. The minimum atomic E-state index is -0.106. The minimum absolute atomic E-state index is 0.00599. The van der Waals surface area contributed by atoms with Gasteiger partial charge < -0.3 is 62.1 Å². The van der Waals surface area contributed by atoms with Gasteiger partial charge in [-0.15, -0.1) is 8.93 Å². The van der Waals surface area contributed by atoms with Gasteiger partial charge in [0.05, 0.1) is 0 Å². The van der Waals surface area contributed by atoms with Crippen LogP contribution in [0, 0.1) is 23.7 Å². The number of carbonyl (C=O) groups is 8. The van der Waals surface area contributed by atoms with Crippen LogP contribution in [-0.4, -0.2) is 219 Å². The van der Waals surface area contributed by atoms with Gasteiger partial charge in [0.15, 0.2) is 11.6 Å². The van der Waals surface area contributed by atoms with Gasteiger partial charge in [-0.2, -0.15) is 0 Å². The molecule has 0 saturated heterocycles. The quantitative estimate of drug-likeness (QED) is 0.0160. The van der Waals surface area contributed by atoms with E-state index in [-0.39, 0.29) is 77.4 Å². The van der Waals surface area contributed by atoms with Gasteiger partial charge in [0.1, 0.15) is 11.6 Å². The molecule has 0 aliphatic rings. The summed E-state index contributed by atoms with van der Waals surface area (Å²) in [5.74, 6) is 0.172. The fourth-order valence-electron chi connectivity index (χ4n) is 8.24. The Morgan fingerprint density at radius 1 is 0.368 bits per heavy atom. The lowest BCUT2D eigenvalue weighted by atomic mass is 10.0. The molecule has 5 unspecified atom stereocenters. The third-order valence-corrected chi connectivity index (χ3v) is 26.0. The van der Waals surface area contributed by atoms with Crippen molar-refractivity contribution in [3.05, 3.63) is 24.3 Å². The lowest BCUT2D eigenvalue weighted by Gasteiger charge is -2.24. The van der Waals surface area contributed by atoms with E-state index in [1.165, 1.54) is 24.3 Å². The van der Waals surface area contributed by atoms with Crippen molar-refractivity contribution >= 4 is 174 Å². The predicted molar refractivity (Wildman–Crippen MR) is 499 cm³/mol. The highest BCUT2D eigenvalue weighted by Crippen LogP contribution is 2.63. The van der Waals surface area contributed by atoms with E-state index in [0.29, 0.717) is 113 Å². The summed E-state index contributed by atoms with van der Waals surface area (Å²) in [5.41, 5.74) is 0. The molecule has 8 N–H and O–H groups in total. The molecule has 0 bridgehead atoms. The van der Waals surface area contributed by atoms with Gasteiger partial charge >= 0.3 is 0 Å². The molecule has 0 aromatic heterocycles. The Morgan fingerprint density at radius 3 is 0.764 bits per heavy atom. The molecule has 0 aliphatic carbocycles. The summed E-state index contributed by atoms with van der Waals surface area (Å²) in [6, 6.07) is 3.44. The first kappa shape index (κ1) is 122. The van der Waals surface area contributed by atoms with Crippen molar-refractivity contribution in [3.8, 4) is 0 Å². The lowest BCUT2D eigenvalue weighted by molar-refractivity contribution is -0.134. The van der Waals surface area contributed by atoms with Gasteiger partial charge in [-0.1, -0.05) is 240 Å². The molecule has 0 spiro atoms. The molecule has 0 aliphatic heterocycles. The van der Waals surface area contributed by atoms with Gasteiger partial charge in [0.2, 0.25) is 23.6 Å². The summed E-state index contributed by atoms with van der Waals surface area (Å²) in [7, 11) is 16.7. The number of nitrogens with zero attached hydrogens (tertiary/aromatic N) is 4. The molecule has 0 aromatic rings. The largest absolute Gasteiger partial charge is 0.343 e. The van der Waals surface area contributed by atoms with Crippen LogP contribution in [0.3, 0.4) is 0 Å². The second-order valence-corrected chi connectivity index (χ2v) is 49.0. The van der Waals surface area contributed by atoms with E-state index in [0.717, 1.165) is 120 Å². The molecule has 0 radical (unpaired) electrons. The van der Waals surface area contributed by atoms with E-state index < -0.39 is 0 Å². The van der Waals surface area contributed by atoms with Gasteiger partial charge in [-0.3, -0.25) is 38.4 Å². The predicted octanol–water partition coefficient (Wildman–Crippen LogP) is 14.3. The number of hydrogen-bond donors (Lipinski definition) is 8. The van der Waals surface area contributed by atoms with Gasteiger partial charge in [-0.05, 0) is 94.0 Å². The Bertz CT molecular complexity index is 2230. The number of amides is 4. The third kappa shape index (κ3) is 96.7. The summed E-state index contributed by atoms with van der Waals surface area (Å²) in [6.45, 7) is 60.7. The number of nitrogens with one attached hydrogen (secondary N) is 8. The Labute approximate surface area is 687 Å². The number of rotatable bonds is 52. The zero-order chi connectivity index (χ0) is 83.7. The topological polar surface area (TPSA) is 246 Å². The second kappa shape index (κ2) is 86.2. The first-order valence-corrected chi connectivity index (χ1v) is 55.6. The standard InChI is InChI=1S/C19H39N3O2.C19H37N3O2.C17H35N3O2.C17H33N3O2.H4P4S.H3P3S.H2P2S.HPS/c2*1-15(2)18(23)9-10-19(24)22(13-7-11-20-16(3)4)14-8-12-21-17(5)6;2*1-13(2)16(21)7-8-17(22)20(11-9-18-14(3)4)12-10-19-15(5)6;1-4(2)3-5;1-2-3-4;1-2-3;1-2/h15-17,20-21H,7-14H2,1-6H3;9-10,15-17,20-21H,7-8,11-14H2,1-6H3;13-15,18-19H,7-12H2,1-6H3;7-8,13-15,18-19H,9-12H2,1-6H3;1-2H2;2H,1H2;1H2;1H/b;10-9-;;8-7-;;;;. The monoisotopic (exact) mass is 1750 g/mol. The van der Waals surface area contributed by atoms with Crippen molar-refractivity contribution in [1.82, 2.24) is 62.1 Å². The molecule has 4 amide bonds. The van der Waals surface area contributed by atoms with Crippen LogP contribution in [0.4, 0.5) is 0 Å². The molecule has 106 heavy (non-hydrogen) atoms. The van der Waals surface area contributed by atoms with Crippen LogP contribution in [0.2, 0.25) is 0 Å². The smallest absolute Gasteiger partial charge is 0.246 e. The average molecular weight is 1750 g/mol. The normalized spacial score (nSPS) is 11.3. The second-order valence-electron chi connectivity index (χ2n) is 28.5. The first-order valence-electron chi connectivity index (χ1n) is 37.7. The summed E-state index contributed by atoms with van der Waals surface area (Å²) >= 11 is 17.4. The van der Waals surface area contributed by atoms with E-state index in [1.807, 2.05) is 70.1 Å². The van der Waals surface area contributed by atoms with Crippen molar-refractivity contribution < 1.29 is 38.4 Å². The maximum absolute atomic E-state index is 12.5. The highest BCUT2D eigenvalue weighted by Gasteiger charge is 2.19.